The molecule has 48 heavy (non-hydrogen) atoms. The molecule has 12 nitrogen and oxygen atoms in total. The zero-order valence-corrected chi connectivity index (χ0v) is 28.9. The third kappa shape index (κ3) is 7.16. The van der Waals surface area contributed by atoms with Gasteiger partial charge in [0.05, 0.1) is 29.3 Å². The van der Waals surface area contributed by atoms with Gasteiger partial charge in [0, 0.05) is 69.9 Å². The van der Waals surface area contributed by atoms with Gasteiger partial charge in [-0.05, 0) is 56.6 Å². The Kier molecular flexibility index (Phi) is 9.97. The highest BCUT2D eigenvalue weighted by atomic mass is 35.5. The fourth-order valence-corrected chi connectivity index (χ4v) is 7.59. The molecule has 2 saturated heterocycles. The fraction of sp³-hybridized carbons (Fsp3) is 0.394. The zero-order chi connectivity index (χ0) is 34.0. The molecule has 6 rings (SSSR count). The van der Waals surface area contributed by atoms with E-state index in [0.717, 1.165) is 69.6 Å². The number of halogens is 2. The van der Waals surface area contributed by atoms with Crippen LogP contribution in [-0.2, 0) is 10.0 Å². The number of piperazine rings is 1. The molecule has 0 radical (unpaired) electrons. The second kappa shape index (κ2) is 14.2. The third-order valence-electron chi connectivity index (χ3n) is 8.99. The molecule has 2 aromatic carbocycles. The molecule has 2 fully saturated rings. The van der Waals surface area contributed by atoms with Crippen molar-refractivity contribution in [2.45, 2.75) is 25.8 Å². The summed E-state index contributed by atoms with van der Waals surface area (Å²) in [6.45, 7) is 11.9. The molecule has 0 spiro atoms. The summed E-state index contributed by atoms with van der Waals surface area (Å²) < 4.78 is 42.5. The molecule has 0 bridgehead atoms. The quantitative estimate of drug-likeness (QED) is 0.224. The Balaban J connectivity index is 1.23. The van der Waals surface area contributed by atoms with E-state index >= 15 is 4.39 Å². The summed E-state index contributed by atoms with van der Waals surface area (Å²) in [4.78, 5) is 24.7. The highest BCUT2D eigenvalue weighted by molar-refractivity contribution is 7.92. The topological polar surface area (TPSA) is 123 Å². The van der Waals surface area contributed by atoms with Crippen LogP contribution in [-0.4, -0.2) is 103 Å². The van der Waals surface area contributed by atoms with Gasteiger partial charge in [0.25, 0.3) is 0 Å². The van der Waals surface area contributed by atoms with Gasteiger partial charge in [0.2, 0.25) is 16.0 Å². The molecule has 0 aliphatic carbocycles. The number of anilines is 6. The van der Waals surface area contributed by atoms with Crippen LogP contribution in [0.5, 0.6) is 0 Å². The molecule has 0 unspecified atom stereocenters. The van der Waals surface area contributed by atoms with Gasteiger partial charge < -0.3 is 20.4 Å². The molecule has 254 valence electrons. The number of nitrogens with zero attached hydrogens (tertiary/aromatic N) is 8. The molecular formula is C33H40ClFN10O2S. The maximum absolute atomic E-state index is 15.7. The Hall–Kier alpha value is -4.11. The second-order valence-corrected chi connectivity index (χ2v) is 14.4. The van der Waals surface area contributed by atoms with Crippen LogP contribution >= 0.6 is 11.6 Å². The van der Waals surface area contributed by atoms with Crippen LogP contribution in [0.1, 0.15) is 25.3 Å². The molecule has 2 aliphatic heterocycles. The summed E-state index contributed by atoms with van der Waals surface area (Å²) in [5.74, 6) is -0.173. The lowest BCUT2D eigenvalue weighted by molar-refractivity contribution is 0.0982. The lowest BCUT2D eigenvalue weighted by Crippen LogP contribution is -2.52. The maximum Gasteiger partial charge on any atom is 0.232 e. The van der Waals surface area contributed by atoms with Gasteiger partial charge in [-0.3, -0.25) is 19.2 Å². The van der Waals surface area contributed by atoms with E-state index in [1.54, 1.807) is 31.2 Å². The number of benzene rings is 2. The molecule has 4 aromatic rings. The molecular weight excluding hydrogens is 655 g/mol. The standard InChI is InChI=1S/C33H40ClFN10O2S/c1-5-22-19-28(25(35)20-29(22)44-13-9-23(10-14-44)43-17-15-42(3)16-18-43)40-33-38-21-24(34)32(41-33)39-27-8-7-26-30(37-12-11-36-26)31(27)45(6-2)48(4,46)47/h5,7-8,11-12,19-21,23H,1,6,9-10,13-18H2,2-4H3,(H2,38,39,40,41). The van der Waals surface area contributed by atoms with E-state index in [2.05, 4.69) is 58.9 Å². The monoisotopic (exact) mass is 694 g/mol. The number of nitrogens with one attached hydrogen (secondary N) is 2. The Morgan fingerprint density at radius 3 is 2.46 bits per heavy atom. The third-order valence-corrected chi connectivity index (χ3v) is 10.5. The Morgan fingerprint density at radius 1 is 1.04 bits per heavy atom. The molecule has 2 aliphatic rings. The minimum atomic E-state index is -3.68. The minimum absolute atomic E-state index is 0.0918. The van der Waals surface area contributed by atoms with Gasteiger partial charge in [0.1, 0.15) is 22.0 Å². The molecule has 0 saturated carbocycles. The SMILES string of the molecule is C=Cc1cc(Nc2ncc(Cl)c(Nc3ccc4nccnc4c3N(CC)S(C)(=O)=O)n2)c(F)cc1N1CCC(N2CCN(C)CC2)CC1. The minimum Gasteiger partial charge on any atom is -0.371 e. The molecule has 4 heterocycles. The van der Waals surface area contributed by atoms with Crippen LogP contribution in [0, 0.1) is 5.82 Å². The van der Waals surface area contributed by atoms with Crippen LogP contribution in [0.4, 0.5) is 38.9 Å². The van der Waals surface area contributed by atoms with Crippen molar-refractivity contribution in [3.05, 3.63) is 65.8 Å². The molecule has 0 amide bonds. The molecule has 0 atom stereocenters. The van der Waals surface area contributed by atoms with E-state index in [1.807, 2.05) is 0 Å². The highest BCUT2D eigenvalue weighted by Crippen LogP contribution is 2.38. The Morgan fingerprint density at radius 2 is 1.77 bits per heavy atom. The van der Waals surface area contributed by atoms with Crippen molar-refractivity contribution in [1.82, 2.24) is 29.7 Å². The predicted molar refractivity (Wildman–Crippen MR) is 192 cm³/mol. The largest absolute Gasteiger partial charge is 0.371 e. The van der Waals surface area contributed by atoms with Crippen LogP contribution in [0.2, 0.25) is 5.02 Å². The van der Waals surface area contributed by atoms with Crippen LogP contribution in [0.3, 0.4) is 0 Å². The van der Waals surface area contributed by atoms with Crippen molar-refractivity contribution in [1.29, 1.82) is 0 Å². The van der Waals surface area contributed by atoms with Crippen molar-refractivity contribution in [2.75, 3.05) is 79.0 Å². The Labute approximate surface area is 285 Å². The summed E-state index contributed by atoms with van der Waals surface area (Å²) in [7, 11) is -1.51. The van der Waals surface area contributed by atoms with Crippen molar-refractivity contribution in [2.24, 2.45) is 0 Å². The molecule has 2 N–H and O–H groups in total. The number of hydrogen-bond acceptors (Lipinski definition) is 11. The zero-order valence-electron chi connectivity index (χ0n) is 27.3. The lowest BCUT2D eigenvalue weighted by Gasteiger charge is -2.43. The summed E-state index contributed by atoms with van der Waals surface area (Å²) in [6.07, 6.45) is 9.34. The first-order valence-electron chi connectivity index (χ1n) is 16.0. The first-order chi connectivity index (χ1) is 23.0. The number of fused-ring (bicyclic) bond motifs is 1. The van der Waals surface area contributed by atoms with Crippen molar-refractivity contribution < 1.29 is 12.8 Å². The average Bonchev–Trinajstić information content (AvgIpc) is 3.08. The normalized spacial score (nSPS) is 16.6. The van der Waals surface area contributed by atoms with Crippen LogP contribution in [0.15, 0.2) is 49.4 Å². The van der Waals surface area contributed by atoms with Gasteiger partial charge in [-0.25, -0.2) is 17.8 Å². The van der Waals surface area contributed by atoms with Crippen LogP contribution in [0.25, 0.3) is 17.1 Å². The maximum atomic E-state index is 15.7. The van der Waals surface area contributed by atoms with Gasteiger partial charge in [0.15, 0.2) is 5.82 Å². The number of rotatable bonds is 10. The fourth-order valence-electron chi connectivity index (χ4n) is 6.47. The number of aromatic nitrogens is 4. The lowest BCUT2D eigenvalue weighted by atomic mass is 10.00. The number of likely N-dealkylation sites (N-methyl/N-ethyl adjacent to an activating group) is 1. The van der Waals surface area contributed by atoms with E-state index in [1.165, 1.54) is 29.0 Å². The highest BCUT2D eigenvalue weighted by Gasteiger charge is 2.28. The van der Waals surface area contributed by atoms with Gasteiger partial charge >= 0.3 is 0 Å². The summed E-state index contributed by atoms with van der Waals surface area (Å²) in [5.41, 5.74) is 3.40. The Bertz CT molecular complexity index is 1910. The van der Waals surface area contributed by atoms with Crippen molar-refractivity contribution in [3.63, 3.8) is 0 Å². The van der Waals surface area contributed by atoms with Gasteiger partial charge in [-0.2, -0.15) is 4.98 Å². The average molecular weight is 695 g/mol. The number of piperidine rings is 1. The van der Waals surface area contributed by atoms with E-state index < -0.39 is 15.8 Å². The van der Waals surface area contributed by atoms with Gasteiger partial charge in [-0.1, -0.05) is 24.3 Å². The van der Waals surface area contributed by atoms with Crippen molar-refractivity contribution in [3.8, 4) is 0 Å². The van der Waals surface area contributed by atoms with E-state index in [0.29, 0.717) is 28.5 Å². The smallest absolute Gasteiger partial charge is 0.232 e. The second-order valence-electron chi connectivity index (χ2n) is 12.1. The van der Waals surface area contributed by atoms with E-state index in [9.17, 15) is 8.42 Å². The van der Waals surface area contributed by atoms with E-state index in [-0.39, 0.29) is 29.0 Å². The molecule has 15 heteroatoms. The first kappa shape index (κ1) is 33.8. The first-order valence-corrected chi connectivity index (χ1v) is 18.2. The van der Waals surface area contributed by atoms with Gasteiger partial charge in [-0.15, -0.1) is 0 Å². The van der Waals surface area contributed by atoms with E-state index in [4.69, 9.17) is 11.6 Å². The van der Waals surface area contributed by atoms with Crippen LogP contribution < -0.4 is 19.8 Å². The molecule has 2 aromatic heterocycles. The number of sulfonamides is 1. The number of hydrogen-bond donors (Lipinski definition) is 2. The summed E-state index contributed by atoms with van der Waals surface area (Å²) >= 11 is 6.50. The van der Waals surface area contributed by atoms with Crippen molar-refractivity contribution >= 4 is 73.2 Å². The summed E-state index contributed by atoms with van der Waals surface area (Å²) in [6, 6.07) is 7.21. The summed E-state index contributed by atoms with van der Waals surface area (Å²) in [5, 5.41) is 6.31. The predicted octanol–water partition coefficient (Wildman–Crippen LogP) is 5.34.